The van der Waals surface area contributed by atoms with Crippen molar-refractivity contribution >= 4 is 11.8 Å². The zero-order valence-corrected chi connectivity index (χ0v) is 11.0. The molecule has 0 aromatic heterocycles. The lowest BCUT2D eigenvalue weighted by Crippen LogP contribution is -2.52. The average molecular weight is 241 g/mol. The molecule has 1 aliphatic rings. The summed E-state index contributed by atoms with van der Waals surface area (Å²) in [6.45, 7) is 9.52. The first-order valence-corrected chi connectivity index (χ1v) is 6.24. The monoisotopic (exact) mass is 241 g/mol. The normalized spacial score (nSPS) is 16.8. The SMILES string of the molecule is CCC(C)(C)CNC(=O)C(=O)N1CCNCC1. The van der Waals surface area contributed by atoms with Gasteiger partial charge in [-0.15, -0.1) is 0 Å². The molecular formula is C12H23N3O2. The highest BCUT2D eigenvalue weighted by Gasteiger charge is 2.24. The summed E-state index contributed by atoms with van der Waals surface area (Å²) in [4.78, 5) is 25.1. The van der Waals surface area contributed by atoms with Crippen LogP contribution in [0.5, 0.6) is 0 Å². The zero-order chi connectivity index (χ0) is 12.9. The van der Waals surface area contributed by atoms with E-state index >= 15 is 0 Å². The molecule has 0 unspecified atom stereocenters. The van der Waals surface area contributed by atoms with Crippen LogP contribution in [0.3, 0.4) is 0 Å². The first kappa shape index (κ1) is 14.0. The Morgan fingerprint density at radius 1 is 1.29 bits per heavy atom. The predicted octanol–water partition coefficient (Wildman–Crippen LogP) is -0.0294. The maximum Gasteiger partial charge on any atom is 0.311 e. The third kappa shape index (κ3) is 4.34. The van der Waals surface area contributed by atoms with E-state index in [2.05, 4.69) is 31.4 Å². The highest BCUT2D eigenvalue weighted by Crippen LogP contribution is 2.17. The Balaban J connectivity index is 2.39. The molecule has 1 heterocycles. The molecule has 0 aliphatic carbocycles. The Hall–Kier alpha value is -1.10. The van der Waals surface area contributed by atoms with Crippen molar-refractivity contribution < 1.29 is 9.59 Å². The van der Waals surface area contributed by atoms with Crippen LogP contribution in [0.2, 0.25) is 0 Å². The molecule has 5 nitrogen and oxygen atoms in total. The lowest BCUT2D eigenvalue weighted by molar-refractivity contribution is -0.146. The Morgan fingerprint density at radius 3 is 2.41 bits per heavy atom. The van der Waals surface area contributed by atoms with E-state index in [4.69, 9.17) is 0 Å². The average Bonchev–Trinajstić information content (AvgIpc) is 2.36. The number of carbonyl (C=O) groups excluding carboxylic acids is 2. The van der Waals surface area contributed by atoms with Crippen LogP contribution >= 0.6 is 0 Å². The molecular weight excluding hydrogens is 218 g/mol. The van der Waals surface area contributed by atoms with Crippen molar-refractivity contribution in [3.63, 3.8) is 0 Å². The van der Waals surface area contributed by atoms with Crippen molar-refractivity contribution in [2.45, 2.75) is 27.2 Å². The van der Waals surface area contributed by atoms with Gasteiger partial charge in [0.25, 0.3) is 0 Å². The van der Waals surface area contributed by atoms with Crippen LogP contribution in [0.15, 0.2) is 0 Å². The molecule has 98 valence electrons. The predicted molar refractivity (Wildman–Crippen MR) is 66.5 cm³/mol. The van der Waals surface area contributed by atoms with E-state index in [1.54, 1.807) is 4.90 Å². The van der Waals surface area contributed by atoms with Gasteiger partial charge >= 0.3 is 11.8 Å². The Bertz CT molecular complexity index is 283. The second-order valence-electron chi connectivity index (χ2n) is 5.24. The van der Waals surface area contributed by atoms with Gasteiger partial charge < -0.3 is 15.5 Å². The van der Waals surface area contributed by atoms with Gasteiger partial charge in [0.05, 0.1) is 0 Å². The number of hydrogen-bond donors (Lipinski definition) is 2. The molecule has 0 atom stereocenters. The van der Waals surface area contributed by atoms with E-state index in [1.807, 2.05) is 0 Å². The van der Waals surface area contributed by atoms with Crippen LogP contribution in [0.4, 0.5) is 0 Å². The molecule has 1 fully saturated rings. The summed E-state index contributed by atoms with van der Waals surface area (Å²) in [5.41, 5.74) is 0.0411. The van der Waals surface area contributed by atoms with Gasteiger partial charge in [0.1, 0.15) is 0 Å². The van der Waals surface area contributed by atoms with Crippen LogP contribution in [0.25, 0.3) is 0 Å². The van der Waals surface area contributed by atoms with Crippen molar-refractivity contribution in [2.24, 2.45) is 5.41 Å². The molecule has 0 radical (unpaired) electrons. The highest BCUT2D eigenvalue weighted by atomic mass is 16.2. The zero-order valence-electron chi connectivity index (χ0n) is 11.0. The number of hydrogen-bond acceptors (Lipinski definition) is 3. The Labute approximate surface area is 103 Å². The second-order valence-corrected chi connectivity index (χ2v) is 5.24. The first-order valence-electron chi connectivity index (χ1n) is 6.24. The molecule has 0 aromatic carbocycles. The number of amides is 2. The van der Waals surface area contributed by atoms with Crippen LogP contribution in [-0.4, -0.2) is 49.4 Å². The largest absolute Gasteiger partial charge is 0.347 e. The molecule has 1 rings (SSSR count). The maximum absolute atomic E-state index is 11.8. The fourth-order valence-electron chi connectivity index (χ4n) is 1.53. The summed E-state index contributed by atoms with van der Waals surface area (Å²) in [6, 6.07) is 0. The van der Waals surface area contributed by atoms with Crippen molar-refractivity contribution in [1.82, 2.24) is 15.5 Å². The maximum atomic E-state index is 11.8. The van der Waals surface area contributed by atoms with E-state index < -0.39 is 11.8 Å². The fourth-order valence-corrected chi connectivity index (χ4v) is 1.53. The lowest BCUT2D eigenvalue weighted by atomic mass is 9.90. The topological polar surface area (TPSA) is 61.4 Å². The van der Waals surface area contributed by atoms with Crippen molar-refractivity contribution in [2.75, 3.05) is 32.7 Å². The molecule has 1 aliphatic heterocycles. The van der Waals surface area contributed by atoms with Gasteiger partial charge in [0, 0.05) is 32.7 Å². The van der Waals surface area contributed by atoms with Gasteiger partial charge in [-0.2, -0.15) is 0 Å². The fraction of sp³-hybridized carbons (Fsp3) is 0.833. The van der Waals surface area contributed by atoms with Crippen LogP contribution < -0.4 is 10.6 Å². The van der Waals surface area contributed by atoms with E-state index in [-0.39, 0.29) is 5.41 Å². The summed E-state index contributed by atoms with van der Waals surface area (Å²) in [5, 5.41) is 5.87. The van der Waals surface area contributed by atoms with Gasteiger partial charge in [0.15, 0.2) is 0 Å². The van der Waals surface area contributed by atoms with Crippen molar-refractivity contribution in [3.05, 3.63) is 0 Å². The molecule has 5 heteroatoms. The molecule has 0 aromatic rings. The summed E-state index contributed by atoms with van der Waals surface area (Å²) >= 11 is 0. The Morgan fingerprint density at radius 2 is 1.88 bits per heavy atom. The van der Waals surface area contributed by atoms with Gasteiger partial charge in [-0.3, -0.25) is 9.59 Å². The number of nitrogens with one attached hydrogen (secondary N) is 2. The first-order chi connectivity index (χ1) is 7.96. The molecule has 0 bridgehead atoms. The minimum Gasteiger partial charge on any atom is -0.347 e. The smallest absolute Gasteiger partial charge is 0.311 e. The van der Waals surface area contributed by atoms with Crippen LogP contribution in [-0.2, 0) is 9.59 Å². The van der Waals surface area contributed by atoms with E-state index in [0.717, 1.165) is 19.5 Å². The molecule has 2 N–H and O–H groups in total. The Kier molecular flexibility index (Phi) is 4.93. The highest BCUT2D eigenvalue weighted by molar-refractivity contribution is 6.35. The van der Waals surface area contributed by atoms with Gasteiger partial charge in [-0.1, -0.05) is 20.8 Å². The van der Waals surface area contributed by atoms with Crippen LogP contribution in [0, 0.1) is 5.41 Å². The quantitative estimate of drug-likeness (QED) is 0.682. The molecule has 1 saturated heterocycles. The number of rotatable bonds is 3. The molecule has 2 amide bonds. The van der Waals surface area contributed by atoms with Gasteiger partial charge in [-0.25, -0.2) is 0 Å². The third-order valence-electron chi connectivity index (χ3n) is 3.28. The summed E-state index contributed by atoms with van der Waals surface area (Å²) < 4.78 is 0. The summed E-state index contributed by atoms with van der Waals surface area (Å²) in [5.74, 6) is -0.883. The minimum absolute atomic E-state index is 0.0411. The van der Waals surface area contributed by atoms with Crippen LogP contribution in [0.1, 0.15) is 27.2 Å². The van der Waals surface area contributed by atoms with E-state index in [0.29, 0.717) is 19.6 Å². The van der Waals surface area contributed by atoms with Gasteiger partial charge in [0.2, 0.25) is 0 Å². The van der Waals surface area contributed by atoms with E-state index in [1.165, 1.54) is 0 Å². The van der Waals surface area contributed by atoms with Gasteiger partial charge in [-0.05, 0) is 11.8 Å². The molecule has 0 spiro atoms. The standard InChI is InChI=1S/C12H23N3O2/c1-4-12(2,3)9-14-10(16)11(17)15-7-5-13-6-8-15/h13H,4-9H2,1-3H3,(H,14,16). The lowest BCUT2D eigenvalue weighted by Gasteiger charge is -2.28. The third-order valence-corrected chi connectivity index (χ3v) is 3.28. The molecule has 17 heavy (non-hydrogen) atoms. The second kappa shape index (κ2) is 6.00. The number of carbonyl (C=O) groups is 2. The summed E-state index contributed by atoms with van der Waals surface area (Å²) in [6.07, 6.45) is 0.967. The number of nitrogens with zero attached hydrogens (tertiary/aromatic N) is 1. The van der Waals surface area contributed by atoms with Crippen molar-refractivity contribution in [3.8, 4) is 0 Å². The van der Waals surface area contributed by atoms with Crippen molar-refractivity contribution in [1.29, 1.82) is 0 Å². The summed E-state index contributed by atoms with van der Waals surface area (Å²) in [7, 11) is 0. The van der Waals surface area contributed by atoms with E-state index in [9.17, 15) is 9.59 Å². The molecule has 0 saturated carbocycles. The minimum atomic E-state index is -0.478. The number of piperazine rings is 1.